The van der Waals surface area contributed by atoms with Crippen molar-refractivity contribution in [2.75, 3.05) is 0 Å². The fourth-order valence-corrected chi connectivity index (χ4v) is 9.28. The van der Waals surface area contributed by atoms with Crippen LogP contribution in [0.4, 0.5) is 0 Å². The molecule has 0 bridgehead atoms. The van der Waals surface area contributed by atoms with E-state index >= 15 is 0 Å². The van der Waals surface area contributed by atoms with Crippen molar-refractivity contribution in [3.05, 3.63) is 202 Å². The second-order valence-corrected chi connectivity index (χ2v) is 15.4. The lowest BCUT2D eigenvalue weighted by atomic mass is 9.81. The molecule has 0 aliphatic carbocycles. The highest BCUT2D eigenvalue weighted by Gasteiger charge is 2.23. The highest BCUT2D eigenvalue weighted by Crippen LogP contribution is 2.48. The van der Waals surface area contributed by atoms with E-state index in [2.05, 4.69) is 132 Å². The Hall–Kier alpha value is -10.0. The Morgan fingerprint density at radius 2 is 0.500 bits per heavy atom. The zero-order valence-electron chi connectivity index (χ0n) is 35.6. The maximum Gasteiger partial charge on any atom is 0.0477 e. The molecule has 0 N–H and O–H groups in total. The first-order chi connectivity index (χ1) is 32.4. The molecule has 0 aliphatic rings. The summed E-state index contributed by atoms with van der Waals surface area (Å²) in [5, 5.41) is 4.16. The van der Waals surface area contributed by atoms with Crippen LogP contribution in [-0.4, -0.2) is 0 Å². The molecule has 0 heteroatoms. The zero-order chi connectivity index (χ0) is 45.9. The van der Waals surface area contributed by atoms with Gasteiger partial charge >= 0.3 is 0 Å². The predicted octanol–water partition coefficient (Wildman–Crippen LogP) is 13.8. The van der Waals surface area contributed by atoms with E-state index in [1.807, 2.05) is 72.8 Å². The van der Waals surface area contributed by atoms with Crippen molar-refractivity contribution in [3.8, 4) is 166 Å². The molecule has 0 amide bonds. The zero-order valence-corrected chi connectivity index (χ0v) is 35.6. The van der Waals surface area contributed by atoms with Crippen molar-refractivity contribution >= 4 is 21.5 Å². The molecule has 66 heavy (non-hydrogen) atoms. The van der Waals surface area contributed by atoms with Gasteiger partial charge in [-0.15, -0.1) is 51.4 Å². The van der Waals surface area contributed by atoms with E-state index < -0.39 is 0 Å². The second-order valence-electron chi connectivity index (χ2n) is 15.4. The summed E-state index contributed by atoms with van der Waals surface area (Å²) in [6.45, 7) is 0. The molecular formula is C66H34. The summed E-state index contributed by atoms with van der Waals surface area (Å²) in [4.78, 5) is 0. The maximum absolute atomic E-state index is 6.23. The molecule has 0 radical (unpaired) electrons. The molecule has 298 valence electrons. The highest BCUT2D eigenvalue weighted by molar-refractivity contribution is 6.22. The van der Waals surface area contributed by atoms with Crippen LogP contribution in [0, 0.1) is 98.8 Å². The Balaban J connectivity index is 1.37. The topological polar surface area (TPSA) is 0 Å². The smallest absolute Gasteiger partial charge is 0.0477 e. The number of rotatable bonds is 6. The minimum atomic E-state index is 0.610. The number of terminal acetylenes is 8. The maximum atomic E-state index is 6.23. The molecule has 0 unspecified atom stereocenters. The number of benzene rings is 9. The summed E-state index contributed by atoms with van der Waals surface area (Å²) in [5.74, 6) is 22.6. The van der Waals surface area contributed by atoms with Crippen molar-refractivity contribution in [1.82, 2.24) is 0 Å². The van der Waals surface area contributed by atoms with Crippen LogP contribution >= 0.6 is 0 Å². The minimum absolute atomic E-state index is 0.610. The van der Waals surface area contributed by atoms with Gasteiger partial charge in [0.25, 0.3) is 0 Å². The van der Waals surface area contributed by atoms with Gasteiger partial charge in [0.15, 0.2) is 0 Å². The molecule has 0 atom stereocenters. The molecule has 9 rings (SSSR count). The van der Waals surface area contributed by atoms with Gasteiger partial charge in [0.2, 0.25) is 0 Å². The average molecular weight is 827 g/mol. The van der Waals surface area contributed by atoms with Crippen LogP contribution < -0.4 is 0 Å². The lowest BCUT2D eigenvalue weighted by Crippen LogP contribution is -1.97. The van der Waals surface area contributed by atoms with E-state index in [1.165, 1.54) is 0 Å². The second kappa shape index (κ2) is 17.4. The Kier molecular flexibility index (Phi) is 10.9. The molecule has 0 spiro atoms. The van der Waals surface area contributed by atoms with Crippen molar-refractivity contribution in [2.24, 2.45) is 0 Å². The van der Waals surface area contributed by atoms with Crippen LogP contribution in [0.5, 0.6) is 0 Å². The fourth-order valence-electron chi connectivity index (χ4n) is 9.28. The highest BCUT2D eigenvalue weighted by atomic mass is 14.3. The van der Waals surface area contributed by atoms with Gasteiger partial charge in [-0.2, -0.15) is 0 Å². The average Bonchev–Trinajstić information content (AvgIpc) is 3.38. The number of fused-ring (bicyclic) bond motifs is 2. The first-order valence-electron chi connectivity index (χ1n) is 20.9. The Morgan fingerprint density at radius 1 is 0.227 bits per heavy atom. The van der Waals surface area contributed by atoms with Crippen molar-refractivity contribution in [3.63, 3.8) is 0 Å². The quantitative estimate of drug-likeness (QED) is 0.116. The van der Waals surface area contributed by atoms with Gasteiger partial charge in [-0.05, 0) is 125 Å². The fraction of sp³-hybridized carbons (Fsp3) is 0. The van der Waals surface area contributed by atoms with Gasteiger partial charge in [-0.25, -0.2) is 0 Å². The SMILES string of the molecule is C#Cc1cccc(-c2ccc(-c3c4ccccc4c(-c4ccc(-c5cccc(C#C)c5C#C)c(-c5cccc(C#C)c5C#C)c4)c4ccccc34)cc2-c2cccc(C#C)c2C#C)c1C#C. The van der Waals surface area contributed by atoms with Crippen LogP contribution in [0.1, 0.15) is 44.5 Å². The Bertz CT molecular complexity index is 3580. The first kappa shape index (κ1) is 41.3. The van der Waals surface area contributed by atoms with Crippen molar-refractivity contribution < 1.29 is 0 Å². The van der Waals surface area contributed by atoms with Crippen LogP contribution in [0.25, 0.3) is 88.3 Å². The van der Waals surface area contributed by atoms with E-state index in [9.17, 15) is 0 Å². The summed E-state index contributed by atoms with van der Waals surface area (Å²) in [5.41, 5.74) is 15.7. The summed E-state index contributed by atoms with van der Waals surface area (Å²) >= 11 is 0. The molecule has 0 aromatic heterocycles. The molecule has 0 fully saturated rings. The van der Waals surface area contributed by atoms with Crippen LogP contribution in [0.15, 0.2) is 158 Å². The predicted molar refractivity (Wildman–Crippen MR) is 278 cm³/mol. The minimum Gasteiger partial charge on any atom is -0.115 e. The molecule has 0 saturated heterocycles. The standard InChI is InChI=1S/C66H34/c1-9-43-25-21-33-53(49(43)13-5)57-39-37-47(41-63(57)55-35-23-27-45(11-3)51(55)15-7)65-59-29-17-19-31-61(59)66(62-32-20-18-30-60(62)65)48-38-40-58(54-34-22-26-44(10-2)50(54)14-6)64(42-48)56-36-24-28-46(12-4)52(56)16-8/h1-8,17-42H. The molecule has 0 nitrogen and oxygen atoms in total. The third-order valence-corrected chi connectivity index (χ3v) is 12.2. The van der Waals surface area contributed by atoms with Gasteiger partial charge < -0.3 is 0 Å². The number of hydrogen-bond donors (Lipinski definition) is 0. The monoisotopic (exact) mass is 826 g/mol. The summed E-state index contributed by atoms with van der Waals surface area (Å²) in [6, 6.07) is 52.8. The third kappa shape index (κ3) is 6.74. The van der Waals surface area contributed by atoms with E-state index in [1.54, 1.807) is 0 Å². The van der Waals surface area contributed by atoms with E-state index in [0.717, 1.165) is 88.3 Å². The van der Waals surface area contributed by atoms with E-state index in [4.69, 9.17) is 51.4 Å². The van der Waals surface area contributed by atoms with Crippen LogP contribution in [-0.2, 0) is 0 Å². The summed E-state index contributed by atoms with van der Waals surface area (Å²) < 4.78 is 0. The largest absolute Gasteiger partial charge is 0.115 e. The van der Waals surface area contributed by atoms with Gasteiger partial charge in [0.05, 0.1) is 0 Å². The van der Waals surface area contributed by atoms with Crippen LogP contribution in [0.2, 0.25) is 0 Å². The van der Waals surface area contributed by atoms with Gasteiger partial charge in [-0.1, -0.05) is 169 Å². The van der Waals surface area contributed by atoms with Gasteiger partial charge in [-0.3, -0.25) is 0 Å². The molecule has 9 aromatic carbocycles. The molecule has 0 saturated carbocycles. The van der Waals surface area contributed by atoms with Crippen molar-refractivity contribution in [2.45, 2.75) is 0 Å². The van der Waals surface area contributed by atoms with E-state index in [-0.39, 0.29) is 0 Å². The molecule has 9 aromatic rings. The van der Waals surface area contributed by atoms with Gasteiger partial charge in [0, 0.05) is 44.5 Å². The summed E-state index contributed by atoms with van der Waals surface area (Å²) in [6.07, 6.45) is 48.7. The summed E-state index contributed by atoms with van der Waals surface area (Å²) in [7, 11) is 0. The van der Waals surface area contributed by atoms with Gasteiger partial charge in [0.1, 0.15) is 0 Å². The Labute approximate surface area is 387 Å². The van der Waals surface area contributed by atoms with Crippen molar-refractivity contribution in [1.29, 1.82) is 0 Å². The normalized spacial score (nSPS) is 10.3. The van der Waals surface area contributed by atoms with Crippen LogP contribution in [0.3, 0.4) is 0 Å². The molecular weight excluding hydrogens is 793 g/mol. The first-order valence-corrected chi connectivity index (χ1v) is 20.9. The number of hydrogen-bond acceptors (Lipinski definition) is 0. The lowest BCUT2D eigenvalue weighted by Gasteiger charge is -2.21. The Morgan fingerprint density at radius 3 is 0.758 bits per heavy atom. The molecule has 0 heterocycles. The third-order valence-electron chi connectivity index (χ3n) is 12.2. The van der Waals surface area contributed by atoms with E-state index in [0.29, 0.717) is 44.5 Å². The molecule has 0 aliphatic heterocycles. The lowest BCUT2D eigenvalue weighted by molar-refractivity contribution is 1.51.